The Morgan fingerprint density at radius 3 is 2.79 bits per heavy atom. The summed E-state index contributed by atoms with van der Waals surface area (Å²) < 4.78 is 11.9. The second-order valence-corrected chi connectivity index (χ2v) is 6.58. The molecular formula is C20H26N4O5. The second-order valence-electron chi connectivity index (χ2n) is 6.58. The summed E-state index contributed by atoms with van der Waals surface area (Å²) in [5.74, 6) is -0.0457. The smallest absolute Gasteiger partial charge is 0.335 e. The Bertz CT molecular complexity index is 960. The van der Waals surface area contributed by atoms with Crippen LogP contribution in [0.25, 0.3) is 5.69 Å². The number of benzene rings is 1. The lowest BCUT2D eigenvalue weighted by Gasteiger charge is -2.26. The molecular weight excluding hydrogens is 376 g/mol. The van der Waals surface area contributed by atoms with Gasteiger partial charge in [-0.15, -0.1) is 0 Å². The second kappa shape index (κ2) is 10.0. The van der Waals surface area contributed by atoms with Gasteiger partial charge in [-0.25, -0.2) is 9.36 Å². The minimum absolute atomic E-state index is 0.0673. The molecule has 29 heavy (non-hydrogen) atoms. The number of nitrogens with one attached hydrogen (secondary N) is 1. The SMILES string of the molecule is CCOc1ccccc1-n1c(O)c(C=NCCCN2CCOCC2)c(=O)[nH]c1=O. The van der Waals surface area contributed by atoms with Gasteiger partial charge in [0.25, 0.3) is 5.56 Å². The number of nitrogens with zero attached hydrogens (tertiary/aromatic N) is 3. The molecule has 0 bridgehead atoms. The van der Waals surface area contributed by atoms with Gasteiger partial charge in [0.2, 0.25) is 5.88 Å². The lowest BCUT2D eigenvalue weighted by Crippen LogP contribution is -2.37. The normalized spacial score (nSPS) is 15.1. The minimum Gasteiger partial charge on any atom is -0.493 e. The monoisotopic (exact) mass is 402 g/mol. The van der Waals surface area contributed by atoms with Crippen LogP contribution >= 0.6 is 0 Å². The lowest BCUT2D eigenvalue weighted by molar-refractivity contribution is 0.0377. The molecule has 2 N–H and O–H groups in total. The number of rotatable bonds is 8. The molecule has 9 nitrogen and oxygen atoms in total. The van der Waals surface area contributed by atoms with Gasteiger partial charge in [0.1, 0.15) is 11.3 Å². The molecule has 1 aromatic carbocycles. The third kappa shape index (κ3) is 5.12. The first-order valence-corrected chi connectivity index (χ1v) is 9.72. The quantitative estimate of drug-likeness (QED) is 0.499. The minimum atomic E-state index is -0.746. The summed E-state index contributed by atoms with van der Waals surface area (Å²) in [5.41, 5.74) is -1.16. The Kier molecular flexibility index (Phi) is 7.20. The van der Waals surface area contributed by atoms with Crippen LogP contribution < -0.4 is 16.0 Å². The average molecular weight is 402 g/mol. The standard InChI is InChI=1S/C20H26N4O5/c1-2-29-17-7-4-3-6-16(17)24-19(26)15(18(25)22-20(24)27)14-21-8-5-9-23-10-12-28-13-11-23/h3-4,6-7,14,26H,2,5,8-13H2,1H3,(H,22,25,27). The van der Waals surface area contributed by atoms with Gasteiger partial charge in [0.15, 0.2) is 0 Å². The van der Waals surface area contributed by atoms with Crippen molar-refractivity contribution in [2.24, 2.45) is 4.99 Å². The molecule has 0 spiro atoms. The van der Waals surface area contributed by atoms with Crippen LogP contribution in [0.1, 0.15) is 18.9 Å². The zero-order chi connectivity index (χ0) is 20.6. The maximum absolute atomic E-state index is 12.4. The molecule has 2 aromatic rings. The fourth-order valence-corrected chi connectivity index (χ4v) is 3.16. The fourth-order valence-electron chi connectivity index (χ4n) is 3.16. The van der Waals surface area contributed by atoms with Gasteiger partial charge < -0.3 is 14.6 Å². The van der Waals surface area contributed by atoms with Crippen molar-refractivity contribution < 1.29 is 14.6 Å². The van der Waals surface area contributed by atoms with E-state index in [2.05, 4.69) is 14.9 Å². The number of H-pyrrole nitrogens is 1. The molecule has 156 valence electrons. The molecule has 1 aromatic heterocycles. The van der Waals surface area contributed by atoms with E-state index in [0.29, 0.717) is 24.6 Å². The highest BCUT2D eigenvalue weighted by atomic mass is 16.5. The molecule has 1 fully saturated rings. The number of aromatic hydroxyl groups is 1. The number of ether oxygens (including phenoxy) is 2. The first kappa shape index (κ1) is 20.8. The van der Waals surface area contributed by atoms with Crippen LogP contribution in [-0.2, 0) is 4.74 Å². The molecule has 1 aliphatic heterocycles. The predicted molar refractivity (Wildman–Crippen MR) is 110 cm³/mol. The van der Waals surface area contributed by atoms with Crippen LogP contribution in [-0.4, -0.2) is 71.8 Å². The van der Waals surface area contributed by atoms with Crippen molar-refractivity contribution in [1.29, 1.82) is 0 Å². The molecule has 1 saturated heterocycles. The topological polar surface area (TPSA) is 109 Å². The maximum Gasteiger partial charge on any atom is 0.335 e. The van der Waals surface area contributed by atoms with Gasteiger partial charge in [0, 0.05) is 32.4 Å². The fraction of sp³-hybridized carbons (Fsp3) is 0.450. The summed E-state index contributed by atoms with van der Waals surface area (Å²) >= 11 is 0. The van der Waals surface area contributed by atoms with Crippen molar-refractivity contribution in [2.45, 2.75) is 13.3 Å². The van der Waals surface area contributed by atoms with Crippen LogP contribution in [0.15, 0.2) is 38.8 Å². The van der Waals surface area contributed by atoms with E-state index in [0.717, 1.165) is 43.8 Å². The van der Waals surface area contributed by atoms with Gasteiger partial charge in [0.05, 0.1) is 25.5 Å². The van der Waals surface area contributed by atoms with E-state index < -0.39 is 17.1 Å². The number of aromatic amines is 1. The van der Waals surface area contributed by atoms with Gasteiger partial charge in [-0.05, 0) is 25.5 Å². The Labute approximate surface area is 168 Å². The van der Waals surface area contributed by atoms with Crippen molar-refractivity contribution >= 4 is 6.21 Å². The first-order chi connectivity index (χ1) is 14.1. The maximum atomic E-state index is 12.4. The predicted octanol–water partition coefficient (Wildman–Crippen LogP) is 0.771. The molecule has 3 rings (SSSR count). The number of morpholine rings is 1. The van der Waals surface area contributed by atoms with Crippen molar-refractivity contribution in [2.75, 3.05) is 46.0 Å². The number of aromatic nitrogens is 2. The lowest BCUT2D eigenvalue weighted by atomic mass is 10.2. The van der Waals surface area contributed by atoms with Gasteiger partial charge in [-0.1, -0.05) is 12.1 Å². The van der Waals surface area contributed by atoms with Crippen LogP contribution in [0.5, 0.6) is 11.6 Å². The Hall–Kier alpha value is -2.91. The Morgan fingerprint density at radius 1 is 1.28 bits per heavy atom. The van der Waals surface area contributed by atoms with E-state index in [1.165, 1.54) is 6.21 Å². The van der Waals surface area contributed by atoms with Crippen LogP contribution in [0.3, 0.4) is 0 Å². The van der Waals surface area contributed by atoms with Crippen molar-refractivity contribution in [3.8, 4) is 17.3 Å². The number of aliphatic imine (C=N–C) groups is 1. The molecule has 9 heteroatoms. The molecule has 0 radical (unpaired) electrons. The summed E-state index contributed by atoms with van der Waals surface area (Å²) in [5, 5.41) is 10.6. The Balaban J connectivity index is 1.79. The van der Waals surface area contributed by atoms with E-state index in [1.54, 1.807) is 24.3 Å². The summed E-state index contributed by atoms with van der Waals surface area (Å²) in [6.45, 7) is 6.93. The van der Waals surface area contributed by atoms with E-state index in [-0.39, 0.29) is 5.56 Å². The highest BCUT2D eigenvalue weighted by Gasteiger charge is 2.17. The Morgan fingerprint density at radius 2 is 2.03 bits per heavy atom. The van der Waals surface area contributed by atoms with E-state index >= 15 is 0 Å². The molecule has 0 unspecified atom stereocenters. The van der Waals surface area contributed by atoms with Gasteiger partial charge in [-0.2, -0.15) is 0 Å². The largest absolute Gasteiger partial charge is 0.493 e. The van der Waals surface area contributed by atoms with Crippen molar-refractivity contribution in [3.63, 3.8) is 0 Å². The number of hydrogen-bond acceptors (Lipinski definition) is 7. The summed E-state index contributed by atoms with van der Waals surface area (Å²) in [6, 6.07) is 6.80. The molecule has 0 saturated carbocycles. The van der Waals surface area contributed by atoms with E-state index in [4.69, 9.17) is 9.47 Å². The first-order valence-electron chi connectivity index (χ1n) is 9.72. The van der Waals surface area contributed by atoms with Gasteiger partial charge in [-0.3, -0.25) is 19.7 Å². The van der Waals surface area contributed by atoms with E-state index in [9.17, 15) is 14.7 Å². The summed E-state index contributed by atoms with van der Waals surface area (Å²) in [4.78, 5) is 33.3. The molecule has 2 heterocycles. The zero-order valence-corrected chi connectivity index (χ0v) is 16.5. The number of hydrogen-bond donors (Lipinski definition) is 2. The zero-order valence-electron chi connectivity index (χ0n) is 16.5. The molecule has 0 amide bonds. The molecule has 0 aliphatic carbocycles. The third-order valence-corrected chi connectivity index (χ3v) is 4.61. The van der Waals surface area contributed by atoms with Crippen molar-refractivity contribution in [1.82, 2.24) is 14.5 Å². The van der Waals surface area contributed by atoms with Crippen LogP contribution in [0.2, 0.25) is 0 Å². The third-order valence-electron chi connectivity index (χ3n) is 4.61. The average Bonchev–Trinajstić information content (AvgIpc) is 2.72. The van der Waals surface area contributed by atoms with Crippen LogP contribution in [0, 0.1) is 0 Å². The summed E-state index contributed by atoms with van der Waals surface area (Å²) in [6.07, 6.45) is 2.13. The van der Waals surface area contributed by atoms with Crippen molar-refractivity contribution in [3.05, 3.63) is 50.7 Å². The molecule has 0 atom stereocenters. The number of para-hydroxylation sites is 2. The van der Waals surface area contributed by atoms with E-state index in [1.807, 2.05) is 6.92 Å². The van der Waals surface area contributed by atoms with Gasteiger partial charge >= 0.3 is 5.69 Å². The summed E-state index contributed by atoms with van der Waals surface area (Å²) in [7, 11) is 0. The highest BCUT2D eigenvalue weighted by Crippen LogP contribution is 2.25. The molecule has 1 aliphatic rings. The highest BCUT2D eigenvalue weighted by molar-refractivity contribution is 5.82. The van der Waals surface area contributed by atoms with Crippen LogP contribution in [0.4, 0.5) is 0 Å².